The Balaban J connectivity index is 1.25. The van der Waals surface area contributed by atoms with E-state index in [1.165, 1.54) is 5.56 Å². The number of ether oxygens (including phenoxy) is 1. The van der Waals surface area contributed by atoms with Gasteiger partial charge in [-0.25, -0.2) is 4.98 Å². The second kappa shape index (κ2) is 9.17. The van der Waals surface area contributed by atoms with Crippen LogP contribution in [0.25, 0.3) is 10.2 Å². The van der Waals surface area contributed by atoms with Crippen LogP contribution in [-0.2, 0) is 11.2 Å². The predicted molar refractivity (Wildman–Crippen MR) is 113 cm³/mol. The van der Waals surface area contributed by atoms with E-state index in [0.29, 0.717) is 11.1 Å². The van der Waals surface area contributed by atoms with E-state index in [2.05, 4.69) is 33.4 Å². The van der Waals surface area contributed by atoms with Crippen LogP contribution in [0.1, 0.15) is 18.4 Å². The number of rotatable bonds is 8. The van der Waals surface area contributed by atoms with E-state index in [-0.39, 0.29) is 0 Å². The molecule has 1 aliphatic heterocycles. The monoisotopic (exact) mass is 394 g/mol. The van der Waals surface area contributed by atoms with Crippen molar-refractivity contribution in [2.45, 2.75) is 19.3 Å². The van der Waals surface area contributed by atoms with Gasteiger partial charge in [0.05, 0.1) is 10.2 Å². The summed E-state index contributed by atoms with van der Waals surface area (Å²) in [6.45, 7) is 4.03. The summed E-state index contributed by atoms with van der Waals surface area (Å²) in [6, 6.07) is 16.4. The third kappa shape index (κ3) is 4.88. The van der Waals surface area contributed by atoms with Gasteiger partial charge in [0, 0.05) is 13.1 Å². The molecule has 145 valence electrons. The van der Waals surface area contributed by atoms with Crippen LogP contribution < -0.4 is 10.1 Å². The second-order valence-electron chi connectivity index (χ2n) is 7.21. The molecule has 0 saturated carbocycles. The molecule has 0 aliphatic carbocycles. The summed E-state index contributed by atoms with van der Waals surface area (Å²) < 4.78 is 7.06. The van der Waals surface area contributed by atoms with Crippen molar-refractivity contribution in [1.82, 2.24) is 15.2 Å². The van der Waals surface area contributed by atoms with E-state index in [9.17, 15) is 4.79 Å². The smallest absolute Gasteiger partial charge is 0.309 e. The SMILES string of the molecule is O=[C]NCC1CCN(CCc2ccc(Oc3nc4ccccc4s3)cc2)CC1. The zero-order chi connectivity index (χ0) is 19.2. The van der Waals surface area contributed by atoms with Crippen molar-refractivity contribution in [2.24, 2.45) is 5.92 Å². The Labute approximate surface area is 169 Å². The largest absolute Gasteiger partial charge is 0.431 e. The molecule has 3 aromatic rings. The highest BCUT2D eigenvalue weighted by atomic mass is 32.1. The molecule has 1 amide bonds. The summed E-state index contributed by atoms with van der Waals surface area (Å²) in [4.78, 5) is 17.3. The maximum absolute atomic E-state index is 10.3. The molecule has 6 heteroatoms. The number of piperidine rings is 1. The first-order valence-electron chi connectivity index (χ1n) is 9.75. The van der Waals surface area contributed by atoms with Gasteiger partial charge in [0.15, 0.2) is 0 Å². The van der Waals surface area contributed by atoms with Crippen LogP contribution in [0.5, 0.6) is 10.9 Å². The Bertz CT molecular complexity index is 869. The molecule has 1 saturated heterocycles. The lowest BCUT2D eigenvalue weighted by atomic mass is 9.96. The summed E-state index contributed by atoms with van der Waals surface area (Å²) >= 11 is 1.56. The average molecular weight is 395 g/mol. The molecule has 0 unspecified atom stereocenters. The second-order valence-corrected chi connectivity index (χ2v) is 8.20. The van der Waals surface area contributed by atoms with E-state index >= 15 is 0 Å². The van der Waals surface area contributed by atoms with Crippen LogP contribution >= 0.6 is 11.3 Å². The van der Waals surface area contributed by atoms with Gasteiger partial charge < -0.3 is 15.0 Å². The number of carbonyl (C=O) groups excluding carboxylic acids is 1. The number of nitrogens with zero attached hydrogens (tertiary/aromatic N) is 2. The molecular weight excluding hydrogens is 370 g/mol. The van der Waals surface area contributed by atoms with E-state index in [1.807, 2.05) is 30.3 Å². The first-order valence-corrected chi connectivity index (χ1v) is 10.6. The highest BCUT2D eigenvalue weighted by Gasteiger charge is 2.18. The zero-order valence-corrected chi connectivity index (χ0v) is 16.6. The summed E-state index contributed by atoms with van der Waals surface area (Å²) in [5, 5.41) is 3.36. The maximum Gasteiger partial charge on any atom is 0.309 e. The topological polar surface area (TPSA) is 54.5 Å². The number of hydrogen-bond acceptors (Lipinski definition) is 5. The van der Waals surface area contributed by atoms with Crippen molar-refractivity contribution in [3.8, 4) is 10.9 Å². The van der Waals surface area contributed by atoms with Gasteiger partial charge >= 0.3 is 6.41 Å². The Morgan fingerprint density at radius 1 is 1.14 bits per heavy atom. The van der Waals surface area contributed by atoms with Crippen LogP contribution in [-0.4, -0.2) is 42.5 Å². The molecule has 0 spiro atoms. The number of nitrogens with one attached hydrogen (secondary N) is 1. The minimum absolute atomic E-state index is 0.594. The van der Waals surface area contributed by atoms with Gasteiger partial charge in [-0.15, -0.1) is 0 Å². The molecule has 2 heterocycles. The summed E-state index contributed by atoms with van der Waals surface area (Å²) in [7, 11) is 0. The highest BCUT2D eigenvalue weighted by molar-refractivity contribution is 7.20. The molecule has 2 aromatic carbocycles. The van der Waals surface area contributed by atoms with Gasteiger partial charge in [-0.2, -0.15) is 0 Å². The Morgan fingerprint density at radius 3 is 2.68 bits per heavy atom. The van der Waals surface area contributed by atoms with Gasteiger partial charge in [0.1, 0.15) is 5.75 Å². The predicted octanol–water partition coefficient (Wildman–Crippen LogP) is 4.00. The number of hydrogen-bond donors (Lipinski definition) is 1. The average Bonchev–Trinajstić information content (AvgIpc) is 3.15. The fourth-order valence-corrected chi connectivity index (χ4v) is 4.44. The minimum atomic E-state index is 0.594. The minimum Gasteiger partial charge on any atom is -0.431 e. The lowest BCUT2D eigenvalue weighted by Crippen LogP contribution is -2.38. The van der Waals surface area contributed by atoms with Crippen LogP contribution in [0.2, 0.25) is 0 Å². The third-order valence-corrected chi connectivity index (χ3v) is 6.20. The van der Waals surface area contributed by atoms with Gasteiger partial charge in [0.25, 0.3) is 5.19 Å². The van der Waals surface area contributed by atoms with Crippen molar-refractivity contribution in [3.05, 3.63) is 54.1 Å². The molecule has 1 aliphatic rings. The summed E-state index contributed by atoms with van der Waals surface area (Å²) in [5.41, 5.74) is 2.29. The number of aromatic nitrogens is 1. The summed E-state index contributed by atoms with van der Waals surface area (Å²) in [5.74, 6) is 1.42. The molecule has 1 aromatic heterocycles. The molecule has 0 bridgehead atoms. The zero-order valence-electron chi connectivity index (χ0n) is 15.8. The number of amides is 1. The Hall–Kier alpha value is -2.44. The molecule has 1 radical (unpaired) electrons. The van der Waals surface area contributed by atoms with E-state index in [1.54, 1.807) is 17.7 Å². The molecular formula is C22H24N3O2S. The number of fused-ring (bicyclic) bond motifs is 1. The maximum atomic E-state index is 10.3. The van der Waals surface area contributed by atoms with Gasteiger partial charge in [-0.1, -0.05) is 35.6 Å². The van der Waals surface area contributed by atoms with Crippen LogP contribution in [0.4, 0.5) is 0 Å². The quantitative estimate of drug-likeness (QED) is 0.587. The molecule has 5 nitrogen and oxygen atoms in total. The normalized spacial score (nSPS) is 15.6. The molecule has 1 N–H and O–H groups in total. The fraction of sp³-hybridized carbons (Fsp3) is 0.364. The van der Waals surface area contributed by atoms with E-state index < -0.39 is 0 Å². The summed E-state index contributed by atoms with van der Waals surface area (Å²) in [6.07, 6.45) is 5.09. The van der Waals surface area contributed by atoms with E-state index in [4.69, 9.17) is 4.74 Å². The van der Waals surface area contributed by atoms with Crippen LogP contribution in [0.3, 0.4) is 0 Å². The van der Waals surface area contributed by atoms with E-state index in [0.717, 1.165) is 61.4 Å². The van der Waals surface area contributed by atoms with Gasteiger partial charge in [-0.3, -0.25) is 4.79 Å². The number of thiazole rings is 1. The number of likely N-dealkylation sites (tertiary alicyclic amines) is 1. The van der Waals surface area contributed by atoms with Gasteiger partial charge in [0.2, 0.25) is 0 Å². The van der Waals surface area contributed by atoms with Crippen molar-refractivity contribution in [3.63, 3.8) is 0 Å². The number of para-hydroxylation sites is 1. The number of benzene rings is 2. The third-order valence-electron chi connectivity index (χ3n) is 5.29. The van der Waals surface area contributed by atoms with Crippen molar-refractivity contribution in [2.75, 3.05) is 26.2 Å². The molecule has 28 heavy (non-hydrogen) atoms. The standard InChI is InChI=1S/C22H24N3O2S/c26-16-23-15-18-10-13-25(14-11-18)12-9-17-5-7-19(8-6-17)27-22-24-20-3-1-2-4-21(20)28-22/h1-8,18H,9-15H2,(H,23,26). The van der Waals surface area contributed by atoms with Crippen LogP contribution in [0.15, 0.2) is 48.5 Å². The highest BCUT2D eigenvalue weighted by Crippen LogP contribution is 2.31. The van der Waals surface area contributed by atoms with Crippen molar-refractivity contribution < 1.29 is 9.53 Å². The Kier molecular flexibility index (Phi) is 6.19. The molecule has 4 rings (SSSR count). The molecule has 1 fully saturated rings. The first kappa shape index (κ1) is 18.9. The lowest BCUT2D eigenvalue weighted by Gasteiger charge is -2.31. The lowest BCUT2D eigenvalue weighted by molar-refractivity contribution is 0.187. The molecule has 0 atom stereocenters. The van der Waals surface area contributed by atoms with Crippen molar-refractivity contribution in [1.29, 1.82) is 0 Å². The first-order chi connectivity index (χ1) is 13.8. The van der Waals surface area contributed by atoms with Crippen molar-refractivity contribution >= 4 is 28.0 Å². The van der Waals surface area contributed by atoms with Crippen LogP contribution in [0, 0.1) is 5.92 Å². The van der Waals surface area contributed by atoms with Gasteiger partial charge in [-0.05, 0) is 68.1 Å². The Morgan fingerprint density at radius 2 is 1.93 bits per heavy atom. The fourth-order valence-electron chi connectivity index (χ4n) is 3.61.